The molecule has 0 aliphatic rings. The molecule has 1 unspecified atom stereocenters. The first kappa shape index (κ1) is 16.5. The second-order valence-electron chi connectivity index (χ2n) is 4.21. The Kier molecular flexibility index (Phi) is 7.11. The summed E-state index contributed by atoms with van der Waals surface area (Å²) < 4.78 is 4.83. The standard InChI is InChI=1S/C14H19NO4S/c1-2-19-14(18)12(15)9-20-8-11-6-4-3-5-10(11)7-13(16)17/h3-6,12H,2,7-9,15H2,1H3,(H,16,17). The highest BCUT2D eigenvalue weighted by Gasteiger charge is 2.14. The predicted molar refractivity (Wildman–Crippen MR) is 78.6 cm³/mol. The largest absolute Gasteiger partial charge is 0.481 e. The van der Waals surface area contributed by atoms with Crippen LogP contribution in [0, 0.1) is 0 Å². The lowest BCUT2D eigenvalue weighted by Gasteiger charge is -2.11. The number of ether oxygens (including phenoxy) is 1. The molecule has 0 spiro atoms. The Bertz CT molecular complexity index is 464. The number of rotatable bonds is 8. The summed E-state index contributed by atoms with van der Waals surface area (Å²) in [6.45, 7) is 2.05. The molecule has 0 aromatic heterocycles. The Hall–Kier alpha value is -1.53. The molecule has 20 heavy (non-hydrogen) atoms. The van der Waals surface area contributed by atoms with Crippen molar-refractivity contribution in [2.24, 2.45) is 5.73 Å². The molecule has 0 heterocycles. The van der Waals surface area contributed by atoms with E-state index in [4.69, 9.17) is 15.6 Å². The minimum Gasteiger partial charge on any atom is -0.481 e. The number of carboxylic acid groups (broad SMARTS) is 1. The lowest BCUT2D eigenvalue weighted by molar-refractivity contribution is -0.144. The molecule has 0 aliphatic carbocycles. The van der Waals surface area contributed by atoms with Gasteiger partial charge in [-0.2, -0.15) is 11.8 Å². The van der Waals surface area contributed by atoms with Gasteiger partial charge in [0.15, 0.2) is 0 Å². The topological polar surface area (TPSA) is 89.6 Å². The second kappa shape index (κ2) is 8.60. The van der Waals surface area contributed by atoms with Gasteiger partial charge in [0.1, 0.15) is 6.04 Å². The number of aliphatic carboxylic acids is 1. The minimum atomic E-state index is -0.856. The van der Waals surface area contributed by atoms with Crippen molar-refractivity contribution < 1.29 is 19.4 Å². The van der Waals surface area contributed by atoms with Crippen molar-refractivity contribution in [1.29, 1.82) is 0 Å². The van der Waals surface area contributed by atoms with Crippen LogP contribution in [0.2, 0.25) is 0 Å². The summed E-state index contributed by atoms with van der Waals surface area (Å²) in [6.07, 6.45) is 0.000658. The highest BCUT2D eigenvalue weighted by atomic mass is 32.2. The summed E-state index contributed by atoms with van der Waals surface area (Å²) in [6, 6.07) is 6.73. The quantitative estimate of drug-likeness (QED) is 0.706. The molecule has 0 amide bonds. The predicted octanol–water partition coefficient (Wildman–Crippen LogP) is 1.44. The van der Waals surface area contributed by atoms with Crippen LogP contribution >= 0.6 is 11.8 Å². The third-order valence-corrected chi connectivity index (χ3v) is 3.71. The number of esters is 1. The van der Waals surface area contributed by atoms with Crippen LogP contribution in [0.3, 0.4) is 0 Å². The fourth-order valence-electron chi connectivity index (χ4n) is 1.65. The Morgan fingerprint density at radius 2 is 2.00 bits per heavy atom. The van der Waals surface area contributed by atoms with Gasteiger partial charge in [0.2, 0.25) is 0 Å². The van der Waals surface area contributed by atoms with E-state index in [-0.39, 0.29) is 6.42 Å². The van der Waals surface area contributed by atoms with E-state index in [0.29, 0.717) is 18.1 Å². The van der Waals surface area contributed by atoms with Crippen LogP contribution in [-0.2, 0) is 26.5 Å². The van der Waals surface area contributed by atoms with E-state index in [1.165, 1.54) is 11.8 Å². The lowest BCUT2D eigenvalue weighted by Crippen LogP contribution is -2.34. The second-order valence-corrected chi connectivity index (χ2v) is 5.24. The van der Waals surface area contributed by atoms with Gasteiger partial charge < -0.3 is 15.6 Å². The van der Waals surface area contributed by atoms with Crippen molar-refractivity contribution in [2.75, 3.05) is 12.4 Å². The molecule has 0 saturated heterocycles. The van der Waals surface area contributed by atoms with Crippen molar-refractivity contribution in [3.05, 3.63) is 35.4 Å². The first-order valence-corrected chi connectivity index (χ1v) is 7.48. The van der Waals surface area contributed by atoms with Crippen LogP contribution in [0.15, 0.2) is 24.3 Å². The zero-order valence-corrected chi connectivity index (χ0v) is 12.2. The van der Waals surface area contributed by atoms with Crippen molar-refractivity contribution >= 4 is 23.7 Å². The van der Waals surface area contributed by atoms with Gasteiger partial charge in [0, 0.05) is 11.5 Å². The highest BCUT2D eigenvalue weighted by molar-refractivity contribution is 7.98. The van der Waals surface area contributed by atoms with Crippen LogP contribution in [0.1, 0.15) is 18.1 Å². The number of hydrogen-bond donors (Lipinski definition) is 2. The maximum atomic E-state index is 11.4. The first-order valence-electron chi connectivity index (χ1n) is 6.33. The maximum Gasteiger partial charge on any atom is 0.323 e. The molecule has 0 bridgehead atoms. The number of carboxylic acids is 1. The van der Waals surface area contributed by atoms with Crippen LogP contribution in [0.4, 0.5) is 0 Å². The van der Waals surface area contributed by atoms with Crippen LogP contribution in [0.5, 0.6) is 0 Å². The summed E-state index contributed by atoms with van der Waals surface area (Å²) in [7, 11) is 0. The van der Waals surface area contributed by atoms with E-state index in [0.717, 1.165) is 11.1 Å². The van der Waals surface area contributed by atoms with Crippen LogP contribution in [-0.4, -0.2) is 35.4 Å². The molecular formula is C14H19NO4S. The lowest BCUT2D eigenvalue weighted by atomic mass is 10.1. The molecule has 1 rings (SSSR count). The average Bonchev–Trinajstić information content (AvgIpc) is 2.40. The number of thioether (sulfide) groups is 1. The maximum absolute atomic E-state index is 11.4. The van der Waals surface area contributed by atoms with Crippen molar-refractivity contribution in [2.45, 2.75) is 25.1 Å². The van der Waals surface area contributed by atoms with Gasteiger partial charge >= 0.3 is 11.9 Å². The van der Waals surface area contributed by atoms with Gasteiger partial charge in [0.05, 0.1) is 13.0 Å². The van der Waals surface area contributed by atoms with Crippen LogP contribution < -0.4 is 5.73 Å². The Labute approximate surface area is 122 Å². The van der Waals surface area contributed by atoms with Gasteiger partial charge in [-0.15, -0.1) is 0 Å². The molecule has 0 fully saturated rings. The van der Waals surface area contributed by atoms with Crippen molar-refractivity contribution in [3.63, 3.8) is 0 Å². The summed E-state index contributed by atoms with van der Waals surface area (Å²) in [4.78, 5) is 22.1. The molecule has 0 radical (unpaired) electrons. The van der Waals surface area contributed by atoms with E-state index < -0.39 is 18.0 Å². The molecule has 6 heteroatoms. The van der Waals surface area contributed by atoms with Gasteiger partial charge in [-0.1, -0.05) is 24.3 Å². The number of carbonyl (C=O) groups is 2. The highest BCUT2D eigenvalue weighted by Crippen LogP contribution is 2.18. The van der Waals surface area contributed by atoms with E-state index in [2.05, 4.69) is 0 Å². The first-order chi connectivity index (χ1) is 9.54. The zero-order chi connectivity index (χ0) is 15.0. The van der Waals surface area contributed by atoms with E-state index >= 15 is 0 Å². The summed E-state index contributed by atoms with van der Waals surface area (Å²) >= 11 is 1.49. The van der Waals surface area contributed by atoms with Gasteiger partial charge in [-0.05, 0) is 18.1 Å². The number of carbonyl (C=O) groups excluding carboxylic acids is 1. The fraction of sp³-hybridized carbons (Fsp3) is 0.429. The van der Waals surface area contributed by atoms with E-state index in [1.807, 2.05) is 18.2 Å². The Balaban J connectivity index is 2.49. The normalized spacial score (nSPS) is 11.9. The number of hydrogen-bond acceptors (Lipinski definition) is 5. The third kappa shape index (κ3) is 5.63. The van der Waals surface area contributed by atoms with Gasteiger partial charge in [0.25, 0.3) is 0 Å². The summed E-state index contributed by atoms with van der Waals surface area (Å²) in [5, 5.41) is 8.85. The smallest absolute Gasteiger partial charge is 0.323 e. The summed E-state index contributed by atoms with van der Waals surface area (Å²) in [5.41, 5.74) is 7.44. The van der Waals surface area contributed by atoms with Gasteiger partial charge in [-0.3, -0.25) is 9.59 Å². The van der Waals surface area contributed by atoms with E-state index in [1.54, 1.807) is 13.0 Å². The Morgan fingerprint density at radius 3 is 2.60 bits per heavy atom. The van der Waals surface area contributed by atoms with Crippen molar-refractivity contribution in [1.82, 2.24) is 0 Å². The zero-order valence-electron chi connectivity index (χ0n) is 11.4. The molecule has 1 atom stereocenters. The molecule has 0 saturated carbocycles. The summed E-state index contributed by atoms with van der Waals surface area (Å²) in [5.74, 6) is -0.193. The average molecular weight is 297 g/mol. The van der Waals surface area contributed by atoms with Gasteiger partial charge in [-0.25, -0.2) is 0 Å². The molecule has 3 N–H and O–H groups in total. The monoisotopic (exact) mass is 297 g/mol. The molecule has 0 aliphatic heterocycles. The van der Waals surface area contributed by atoms with Crippen LogP contribution in [0.25, 0.3) is 0 Å². The molecule has 5 nitrogen and oxygen atoms in total. The van der Waals surface area contributed by atoms with Crippen molar-refractivity contribution in [3.8, 4) is 0 Å². The SMILES string of the molecule is CCOC(=O)C(N)CSCc1ccccc1CC(=O)O. The van der Waals surface area contributed by atoms with E-state index in [9.17, 15) is 9.59 Å². The third-order valence-electron chi connectivity index (χ3n) is 2.60. The fourth-order valence-corrected chi connectivity index (χ4v) is 2.66. The molecular weight excluding hydrogens is 278 g/mol. The molecule has 1 aromatic carbocycles. The molecule has 1 aromatic rings. The number of nitrogens with two attached hydrogens (primary N) is 1. The number of benzene rings is 1. The Morgan fingerprint density at radius 1 is 1.35 bits per heavy atom. The minimum absolute atomic E-state index is 0.000658. The molecule has 110 valence electrons.